The summed E-state index contributed by atoms with van der Waals surface area (Å²) < 4.78 is 15.5. The van der Waals surface area contributed by atoms with Crippen molar-refractivity contribution >= 4 is 17.3 Å². The smallest absolute Gasteiger partial charge is 0.221 e. The van der Waals surface area contributed by atoms with Crippen molar-refractivity contribution in [1.82, 2.24) is 0 Å². The summed E-state index contributed by atoms with van der Waals surface area (Å²) in [4.78, 5) is 36.4. The lowest BCUT2D eigenvalue weighted by Gasteiger charge is -2.27. The van der Waals surface area contributed by atoms with Crippen LogP contribution in [0.1, 0.15) is 16.8 Å². The average Bonchev–Trinajstić information content (AvgIpc) is 2.55. The predicted molar refractivity (Wildman–Crippen MR) is 81.2 cm³/mol. The number of fused-ring (bicyclic) bond motifs is 1. The van der Waals surface area contributed by atoms with Crippen molar-refractivity contribution in [2.45, 2.75) is 12.5 Å². The Hall–Kier alpha value is -3.09. The molecular formula is C17H14O7. The van der Waals surface area contributed by atoms with E-state index in [1.54, 1.807) is 0 Å². The standard InChI is InChI=1S/C17H14O7/c1-22-8-3-12(20)17-13(21)7-14(24-16(17)4-8)9-5-11(19)15(23-2)6-10(9)18/h3-6,14,20H,7H2,1-2H3/t14-/m1/s1. The maximum atomic E-state index is 12.3. The van der Waals surface area contributed by atoms with Gasteiger partial charge in [-0.2, -0.15) is 0 Å². The van der Waals surface area contributed by atoms with E-state index in [4.69, 9.17) is 14.2 Å². The summed E-state index contributed by atoms with van der Waals surface area (Å²) in [6, 6.07) is 2.76. The number of hydrogen-bond donors (Lipinski definition) is 1. The second kappa shape index (κ2) is 5.84. The lowest BCUT2D eigenvalue weighted by molar-refractivity contribution is -0.117. The molecule has 1 aliphatic heterocycles. The summed E-state index contributed by atoms with van der Waals surface area (Å²) in [6.07, 6.45) is 1.12. The first-order valence-electron chi connectivity index (χ1n) is 7.11. The number of methoxy groups -OCH3 is 2. The number of phenolic OH excluding ortho intramolecular Hbond substituents is 1. The topological polar surface area (TPSA) is 99.1 Å². The number of Topliss-reactive ketones (excluding diaryl/α,β-unsaturated/α-hetero) is 1. The van der Waals surface area contributed by atoms with Crippen LogP contribution in [0.25, 0.3) is 0 Å². The molecule has 3 rings (SSSR count). The fourth-order valence-electron chi connectivity index (χ4n) is 2.67. The summed E-state index contributed by atoms with van der Waals surface area (Å²) in [5.41, 5.74) is 0.109. The Kier molecular flexibility index (Phi) is 3.84. The average molecular weight is 330 g/mol. The fourth-order valence-corrected chi connectivity index (χ4v) is 2.67. The maximum Gasteiger partial charge on any atom is 0.221 e. The fraction of sp³-hybridized carbons (Fsp3) is 0.235. The first-order valence-corrected chi connectivity index (χ1v) is 7.11. The summed E-state index contributed by atoms with van der Waals surface area (Å²) in [5, 5.41) is 9.95. The van der Waals surface area contributed by atoms with Crippen molar-refractivity contribution in [3.8, 4) is 17.2 Å². The Balaban J connectivity index is 1.97. The third-order valence-electron chi connectivity index (χ3n) is 3.85. The van der Waals surface area contributed by atoms with Gasteiger partial charge in [0.2, 0.25) is 5.78 Å². The molecule has 0 radical (unpaired) electrons. The zero-order valence-electron chi connectivity index (χ0n) is 13.0. The van der Waals surface area contributed by atoms with Gasteiger partial charge < -0.3 is 19.3 Å². The summed E-state index contributed by atoms with van der Waals surface area (Å²) in [7, 11) is 2.70. The van der Waals surface area contributed by atoms with Gasteiger partial charge in [0.1, 0.15) is 28.9 Å². The first-order chi connectivity index (χ1) is 11.4. The van der Waals surface area contributed by atoms with Gasteiger partial charge in [-0.15, -0.1) is 0 Å². The molecule has 7 heteroatoms. The Morgan fingerprint density at radius 2 is 1.83 bits per heavy atom. The van der Waals surface area contributed by atoms with Crippen LogP contribution < -0.4 is 9.47 Å². The number of phenols is 1. The summed E-state index contributed by atoms with van der Waals surface area (Å²) in [5.74, 6) is -1.22. The molecular weight excluding hydrogens is 316 g/mol. The monoisotopic (exact) mass is 330 g/mol. The van der Waals surface area contributed by atoms with E-state index in [0.29, 0.717) is 5.75 Å². The van der Waals surface area contributed by atoms with E-state index < -0.39 is 17.7 Å². The molecule has 0 saturated heterocycles. The van der Waals surface area contributed by atoms with Crippen molar-refractivity contribution in [1.29, 1.82) is 0 Å². The minimum Gasteiger partial charge on any atom is -0.507 e. The summed E-state index contributed by atoms with van der Waals surface area (Å²) >= 11 is 0. The molecule has 1 aromatic rings. The number of carbonyl (C=O) groups is 3. The molecule has 0 spiro atoms. The number of rotatable bonds is 3. The Bertz CT molecular complexity index is 816. The van der Waals surface area contributed by atoms with Gasteiger partial charge in [-0.1, -0.05) is 0 Å². The number of hydrogen-bond acceptors (Lipinski definition) is 7. The SMILES string of the molecule is COC1=CC(=O)C([C@H]2CC(=O)c3c(O)cc(OC)cc3O2)=CC1=O. The van der Waals surface area contributed by atoms with Crippen LogP contribution in [0.3, 0.4) is 0 Å². The van der Waals surface area contributed by atoms with Crippen molar-refractivity contribution < 1.29 is 33.7 Å². The first kappa shape index (κ1) is 15.8. The van der Waals surface area contributed by atoms with Gasteiger partial charge in [-0.05, 0) is 0 Å². The van der Waals surface area contributed by atoms with Crippen molar-refractivity contribution in [3.05, 3.63) is 41.2 Å². The third kappa shape index (κ3) is 2.54. The lowest BCUT2D eigenvalue weighted by atomic mass is 9.90. The van der Waals surface area contributed by atoms with Gasteiger partial charge >= 0.3 is 0 Å². The third-order valence-corrected chi connectivity index (χ3v) is 3.85. The van der Waals surface area contributed by atoms with E-state index in [1.807, 2.05) is 0 Å². The predicted octanol–water partition coefficient (Wildman–Crippen LogP) is 1.34. The maximum absolute atomic E-state index is 12.3. The molecule has 124 valence electrons. The number of aromatic hydroxyl groups is 1. The number of allylic oxidation sites excluding steroid dienone is 2. The van der Waals surface area contributed by atoms with E-state index >= 15 is 0 Å². The second-order valence-electron chi connectivity index (χ2n) is 5.29. The second-order valence-corrected chi connectivity index (χ2v) is 5.29. The molecule has 0 saturated carbocycles. The van der Waals surface area contributed by atoms with Crippen LogP contribution in [0.2, 0.25) is 0 Å². The number of ketones is 3. The van der Waals surface area contributed by atoms with Crippen LogP contribution in [-0.4, -0.2) is 42.8 Å². The molecule has 0 fully saturated rings. The largest absolute Gasteiger partial charge is 0.507 e. The molecule has 0 bridgehead atoms. The molecule has 1 heterocycles. The van der Waals surface area contributed by atoms with Crippen LogP contribution in [0.15, 0.2) is 35.6 Å². The Morgan fingerprint density at radius 1 is 1.08 bits per heavy atom. The Morgan fingerprint density at radius 3 is 2.50 bits per heavy atom. The molecule has 1 atom stereocenters. The zero-order chi connectivity index (χ0) is 17.4. The van der Waals surface area contributed by atoms with Gasteiger partial charge in [-0.25, -0.2) is 0 Å². The van der Waals surface area contributed by atoms with Gasteiger partial charge in [-0.3, -0.25) is 14.4 Å². The molecule has 0 aromatic heterocycles. The highest BCUT2D eigenvalue weighted by Gasteiger charge is 2.36. The van der Waals surface area contributed by atoms with Crippen LogP contribution in [0.4, 0.5) is 0 Å². The molecule has 1 aromatic carbocycles. The van der Waals surface area contributed by atoms with Gasteiger partial charge in [0.05, 0.1) is 20.6 Å². The number of benzene rings is 1. The molecule has 0 amide bonds. The Labute approximate surface area is 137 Å². The molecule has 7 nitrogen and oxygen atoms in total. The van der Waals surface area contributed by atoms with Gasteiger partial charge in [0.25, 0.3) is 0 Å². The highest BCUT2D eigenvalue weighted by atomic mass is 16.5. The van der Waals surface area contributed by atoms with Crippen molar-refractivity contribution in [2.75, 3.05) is 14.2 Å². The number of carbonyl (C=O) groups excluding carboxylic acids is 3. The lowest BCUT2D eigenvalue weighted by Crippen LogP contribution is -2.33. The molecule has 24 heavy (non-hydrogen) atoms. The minimum atomic E-state index is -0.914. The molecule has 1 N–H and O–H groups in total. The normalized spacial score (nSPS) is 19.9. The highest BCUT2D eigenvalue weighted by Crippen LogP contribution is 2.39. The van der Waals surface area contributed by atoms with Crippen LogP contribution in [-0.2, 0) is 14.3 Å². The van der Waals surface area contributed by atoms with Crippen LogP contribution >= 0.6 is 0 Å². The zero-order valence-corrected chi connectivity index (χ0v) is 13.0. The van der Waals surface area contributed by atoms with Crippen LogP contribution in [0.5, 0.6) is 17.2 Å². The summed E-state index contributed by atoms with van der Waals surface area (Å²) in [6.45, 7) is 0. The van der Waals surface area contributed by atoms with E-state index in [-0.39, 0.29) is 40.6 Å². The van der Waals surface area contributed by atoms with E-state index in [9.17, 15) is 19.5 Å². The van der Waals surface area contributed by atoms with E-state index in [0.717, 1.165) is 12.2 Å². The number of ether oxygens (including phenoxy) is 3. The van der Waals surface area contributed by atoms with Gasteiger partial charge in [0, 0.05) is 29.9 Å². The quantitative estimate of drug-likeness (QED) is 0.835. The van der Waals surface area contributed by atoms with Crippen molar-refractivity contribution in [3.63, 3.8) is 0 Å². The van der Waals surface area contributed by atoms with Crippen LogP contribution in [0, 0.1) is 0 Å². The van der Waals surface area contributed by atoms with E-state index in [1.165, 1.54) is 26.4 Å². The van der Waals surface area contributed by atoms with E-state index in [2.05, 4.69) is 0 Å². The highest BCUT2D eigenvalue weighted by molar-refractivity contribution is 6.20. The molecule has 1 aliphatic carbocycles. The minimum absolute atomic E-state index is 0.0374. The van der Waals surface area contributed by atoms with Crippen molar-refractivity contribution in [2.24, 2.45) is 0 Å². The molecule has 0 unspecified atom stereocenters. The van der Waals surface area contributed by atoms with Gasteiger partial charge in [0.15, 0.2) is 17.3 Å². The molecule has 2 aliphatic rings.